The molecule has 0 unspecified atom stereocenters. The van der Waals surface area contributed by atoms with Gasteiger partial charge in [0.25, 0.3) is 0 Å². The summed E-state index contributed by atoms with van der Waals surface area (Å²) in [6, 6.07) is 18.0. The van der Waals surface area contributed by atoms with Gasteiger partial charge in [0.1, 0.15) is 11.7 Å². The predicted octanol–water partition coefficient (Wildman–Crippen LogP) is 4.28. The molecule has 2 heteroatoms. The van der Waals surface area contributed by atoms with Crippen molar-refractivity contribution in [1.82, 2.24) is 0 Å². The predicted molar refractivity (Wildman–Crippen MR) is 71.1 cm³/mol. The number of nitrogens with zero attached hydrogens (tertiary/aromatic N) is 1. The maximum atomic E-state index is 9.19. The Balaban J connectivity index is 2.33. The average Bonchev–Trinajstić information content (AvgIpc) is 2.78. The Morgan fingerprint density at radius 3 is 2.44 bits per heavy atom. The first-order valence-corrected chi connectivity index (χ1v) is 5.78. The van der Waals surface area contributed by atoms with E-state index in [1.165, 1.54) is 5.56 Å². The van der Waals surface area contributed by atoms with Crippen LogP contribution in [0.2, 0.25) is 0 Å². The van der Waals surface area contributed by atoms with Crippen molar-refractivity contribution in [2.75, 3.05) is 0 Å². The molecule has 2 aromatic carbocycles. The number of benzene rings is 2. The lowest BCUT2D eigenvalue weighted by Gasteiger charge is -2.00. The van der Waals surface area contributed by atoms with Crippen molar-refractivity contribution in [3.63, 3.8) is 0 Å². The zero-order valence-electron chi connectivity index (χ0n) is 9.97. The van der Waals surface area contributed by atoms with Gasteiger partial charge in [-0.2, -0.15) is 5.26 Å². The minimum Gasteiger partial charge on any atom is -0.445 e. The highest BCUT2D eigenvalue weighted by Crippen LogP contribution is 2.34. The number of para-hydroxylation sites is 1. The van der Waals surface area contributed by atoms with Crippen LogP contribution >= 0.6 is 0 Å². The second kappa shape index (κ2) is 4.05. The van der Waals surface area contributed by atoms with Gasteiger partial charge in [0.15, 0.2) is 0 Å². The molecule has 0 spiro atoms. The van der Waals surface area contributed by atoms with Gasteiger partial charge >= 0.3 is 0 Å². The molecule has 86 valence electrons. The summed E-state index contributed by atoms with van der Waals surface area (Å²) < 4.78 is 5.57. The molecule has 0 N–H and O–H groups in total. The van der Waals surface area contributed by atoms with Gasteiger partial charge in [-0.15, -0.1) is 0 Å². The van der Waals surface area contributed by atoms with Gasteiger partial charge in [-0.1, -0.05) is 48.0 Å². The Morgan fingerprint density at radius 2 is 1.72 bits per heavy atom. The van der Waals surface area contributed by atoms with E-state index in [4.69, 9.17) is 4.42 Å². The van der Waals surface area contributed by atoms with Crippen molar-refractivity contribution in [3.8, 4) is 17.2 Å². The molecule has 0 aliphatic carbocycles. The number of furan rings is 1. The highest BCUT2D eigenvalue weighted by Gasteiger charge is 2.14. The fraction of sp³-hybridized carbons (Fsp3) is 0.0625. The molecule has 0 saturated carbocycles. The number of rotatable bonds is 1. The topological polar surface area (TPSA) is 36.9 Å². The summed E-state index contributed by atoms with van der Waals surface area (Å²) in [5.41, 5.74) is 3.85. The molecule has 0 bridgehead atoms. The van der Waals surface area contributed by atoms with E-state index in [1.54, 1.807) is 0 Å². The van der Waals surface area contributed by atoms with Gasteiger partial charge in [0.05, 0.1) is 0 Å². The molecular weight excluding hydrogens is 222 g/mol. The van der Waals surface area contributed by atoms with Crippen LogP contribution in [0.3, 0.4) is 0 Å². The molecule has 0 aliphatic rings. The number of hydrogen-bond acceptors (Lipinski definition) is 2. The molecule has 1 aromatic heterocycles. The first-order valence-electron chi connectivity index (χ1n) is 5.78. The zero-order valence-corrected chi connectivity index (χ0v) is 9.97. The van der Waals surface area contributed by atoms with Crippen molar-refractivity contribution >= 4 is 11.0 Å². The van der Waals surface area contributed by atoms with E-state index in [2.05, 4.69) is 6.07 Å². The third-order valence-corrected chi connectivity index (χ3v) is 3.04. The number of fused-ring (bicyclic) bond motifs is 1. The lowest BCUT2D eigenvalue weighted by Crippen LogP contribution is -1.80. The van der Waals surface area contributed by atoms with Crippen LogP contribution in [-0.2, 0) is 0 Å². The maximum absolute atomic E-state index is 9.19. The third-order valence-electron chi connectivity index (χ3n) is 3.04. The van der Waals surface area contributed by atoms with E-state index in [9.17, 15) is 5.26 Å². The van der Waals surface area contributed by atoms with Crippen LogP contribution in [0.4, 0.5) is 0 Å². The van der Waals surface area contributed by atoms with Gasteiger partial charge < -0.3 is 4.42 Å². The summed E-state index contributed by atoms with van der Waals surface area (Å²) in [5.74, 6) is 0.375. The monoisotopic (exact) mass is 233 g/mol. The number of hydrogen-bond donors (Lipinski definition) is 0. The number of nitriles is 1. The van der Waals surface area contributed by atoms with Crippen LogP contribution in [0.1, 0.15) is 11.3 Å². The Hall–Kier alpha value is -2.53. The first-order chi connectivity index (χ1) is 8.79. The van der Waals surface area contributed by atoms with E-state index >= 15 is 0 Å². The van der Waals surface area contributed by atoms with Crippen molar-refractivity contribution in [1.29, 1.82) is 5.26 Å². The fourth-order valence-corrected chi connectivity index (χ4v) is 2.13. The van der Waals surface area contributed by atoms with Gasteiger partial charge in [-0.05, 0) is 18.6 Å². The molecule has 0 aliphatic heterocycles. The summed E-state index contributed by atoms with van der Waals surface area (Å²) >= 11 is 0. The molecule has 0 fully saturated rings. The third kappa shape index (κ3) is 1.57. The highest BCUT2D eigenvalue weighted by molar-refractivity contribution is 5.96. The second-order valence-corrected chi connectivity index (χ2v) is 4.28. The van der Waals surface area contributed by atoms with Crippen LogP contribution in [0.15, 0.2) is 52.9 Å². The van der Waals surface area contributed by atoms with Gasteiger partial charge in [0, 0.05) is 10.9 Å². The molecule has 18 heavy (non-hydrogen) atoms. The Labute approximate surface area is 105 Å². The van der Waals surface area contributed by atoms with Crippen molar-refractivity contribution in [3.05, 3.63) is 59.9 Å². The second-order valence-electron chi connectivity index (χ2n) is 4.28. The molecule has 0 atom stereocenters. The van der Waals surface area contributed by atoms with E-state index < -0.39 is 0 Å². The number of aryl methyl sites for hydroxylation is 1. The summed E-state index contributed by atoms with van der Waals surface area (Å²) in [6.45, 7) is 2.04. The molecule has 0 radical (unpaired) electrons. The Bertz CT molecular complexity index is 745. The molecular formula is C16H11NO. The Morgan fingerprint density at radius 1 is 1.00 bits per heavy atom. The summed E-state index contributed by atoms with van der Waals surface area (Å²) in [7, 11) is 0. The molecule has 0 amide bonds. The lowest BCUT2D eigenvalue weighted by molar-refractivity contribution is 0.600. The largest absolute Gasteiger partial charge is 0.445 e. The van der Waals surface area contributed by atoms with E-state index in [1.807, 2.05) is 55.5 Å². The van der Waals surface area contributed by atoms with Crippen LogP contribution < -0.4 is 0 Å². The summed E-state index contributed by atoms with van der Waals surface area (Å²) in [4.78, 5) is 0. The quantitative estimate of drug-likeness (QED) is 0.629. The molecule has 3 rings (SSSR count). The van der Waals surface area contributed by atoms with Gasteiger partial charge in [-0.3, -0.25) is 0 Å². The zero-order chi connectivity index (χ0) is 12.5. The minimum atomic E-state index is 0.375. The van der Waals surface area contributed by atoms with E-state index in [0.29, 0.717) is 5.76 Å². The van der Waals surface area contributed by atoms with Crippen LogP contribution in [0, 0.1) is 18.3 Å². The SMILES string of the molecule is Cc1ccc(-c2c(C#N)oc3ccccc23)cc1. The van der Waals surface area contributed by atoms with Crippen LogP contribution in [0.25, 0.3) is 22.1 Å². The highest BCUT2D eigenvalue weighted by atomic mass is 16.3. The van der Waals surface area contributed by atoms with Gasteiger partial charge in [0.2, 0.25) is 5.76 Å². The molecule has 0 saturated heterocycles. The molecule has 1 heterocycles. The van der Waals surface area contributed by atoms with E-state index in [0.717, 1.165) is 22.1 Å². The van der Waals surface area contributed by atoms with Crippen molar-refractivity contribution < 1.29 is 4.42 Å². The van der Waals surface area contributed by atoms with Gasteiger partial charge in [-0.25, -0.2) is 0 Å². The average molecular weight is 233 g/mol. The summed E-state index contributed by atoms with van der Waals surface area (Å²) in [5, 5.41) is 10.2. The molecule has 2 nitrogen and oxygen atoms in total. The molecule has 3 aromatic rings. The van der Waals surface area contributed by atoms with Crippen LogP contribution in [0.5, 0.6) is 0 Å². The Kier molecular flexibility index (Phi) is 2.39. The smallest absolute Gasteiger partial charge is 0.212 e. The van der Waals surface area contributed by atoms with E-state index in [-0.39, 0.29) is 0 Å². The van der Waals surface area contributed by atoms with Crippen LogP contribution in [-0.4, -0.2) is 0 Å². The van der Waals surface area contributed by atoms with Crippen molar-refractivity contribution in [2.45, 2.75) is 6.92 Å². The lowest BCUT2D eigenvalue weighted by atomic mass is 10.0. The van der Waals surface area contributed by atoms with Crippen molar-refractivity contribution in [2.24, 2.45) is 0 Å². The maximum Gasteiger partial charge on any atom is 0.212 e. The normalized spacial score (nSPS) is 10.4. The fourth-order valence-electron chi connectivity index (χ4n) is 2.13. The standard InChI is InChI=1S/C16H11NO/c1-11-6-8-12(9-7-11)16-13-4-2-3-5-14(13)18-15(16)10-17/h2-9H,1H3. The summed E-state index contributed by atoms with van der Waals surface area (Å²) in [6.07, 6.45) is 0. The minimum absolute atomic E-state index is 0.375. The first kappa shape index (κ1) is 10.6.